The highest BCUT2D eigenvalue weighted by Crippen LogP contribution is 2.06. The molecule has 11 heavy (non-hydrogen) atoms. The van der Waals surface area contributed by atoms with E-state index in [0.29, 0.717) is 0 Å². The molecule has 0 atom stereocenters. The monoisotopic (exact) mass is 155 g/mol. The summed E-state index contributed by atoms with van der Waals surface area (Å²) in [5.41, 5.74) is 0. The van der Waals surface area contributed by atoms with Crippen molar-refractivity contribution in [2.24, 2.45) is 4.99 Å². The van der Waals surface area contributed by atoms with Gasteiger partial charge in [0, 0.05) is 33.2 Å². The summed E-state index contributed by atoms with van der Waals surface area (Å²) in [5.74, 6) is 1.16. The van der Waals surface area contributed by atoms with Crippen LogP contribution in [0.2, 0.25) is 0 Å². The molecule has 0 unspecified atom stereocenters. The van der Waals surface area contributed by atoms with Gasteiger partial charge in [-0.1, -0.05) is 0 Å². The molecule has 0 radical (unpaired) electrons. The summed E-state index contributed by atoms with van der Waals surface area (Å²) in [4.78, 5) is 8.88. The van der Waals surface area contributed by atoms with Gasteiger partial charge in [0.2, 0.25) is 0 Å². The molecule has 0 amide bonds. The molecule has 1 fully saturated rings. The fourth-order valence-electron chi connectivity index (χ4n) is 1.52. The third kappa shape index (κ3) is 1.47. The van der Waals surface area contributed by atoms with Crippen molar-refractivity contribution in [1.82, 2.24) is 9.80 Å². The first-order chi connectivity index (χ1) is 5.33. The lowest BCUT2D eigenvalue weighted by Crippen LogP contribution is -2.33. The molecule has 3 heteroatoms. The van der Waals surface area contributed by atoms with E-state index in [9.17, 15) is 0 Å². The van der Waals surface area contributed by atoms with Crippen LogP contribution in [-0.4, -0.2) is 49.0 Å². The van der Waals surface area contributed by atoms with Crippen LogP contribution in [-0.2, 0) is 0 Å². The van der Waals surface area contributed by atoms with Gasteiger partial charge in [0.25, 0.3) is 0 Å². The van der Waals surface area contributed by atoms with Gasteiger partial charge in [0.05, 0.1) is 0 Å². The predicted molar refractivity (Wildman–Crippen MR) is 47.9 cm³/mol. The highest BCUT2D eigenvalue weighted by atomic mass is 15.4. The molecule has 1 saturated heterocycles. The van der Waals surface area contributed by atoms with E-state index in [4.69, 9.17) is 0 Å². The number of guanidine groups is 1. The Kier molecular flexibility index (Phi) is 2.74. The fraction of sp³-hybridized carbons (Fsp3) is 0.875. The lowest BCUT2D eigenvalue weighted by Gasteiger charge is -2.19. The minimum absolute atomic E-state index is 1.07. The minimum atomic E-state index is 1.07. The summed E-state index contributed by atoms with van der Waals surface area (Å²) < 4.78 is 0. The molecule has 1 heterocycles. The van der Waals surface area contributed by atoms with Gasteiger partial charge in [-0.2, -0.15) is 0 Å². The van der Waals surface area contributed by atoms with Gasteiger partial charge in [-0.05, 0) is 13.8 Å². The summed E-state index contributed by atoms with van der Waals surface area (Å²) in [6.45, 7) is 8.76. The van der Waals surface area contributed by atoms with Gasteiger partial charge < -0.3 is 9.80 Å². The summed E-state index contributed by atoms with van der Waals surface area (Å²) in [6.07, 6.45) is 0. The number of hydrogen-bond donors (Lipinski definition) is 0. The first-order valence-corrected chi connectivity index (χ1v) is 4.30. The first-order valence-electron chi connectivity index (χ1n) is 4.30. The van der Waals surface area contributed by atoms with Crippen LogP contribution in [0.3, 0.4) is 0 Å². The maximum absolute atomic E-state index is 4.26. The lowest BCUT2D eigenvalue weighted by molar-refractivity contribution is 0.486. The molecule has 0 aromatic rings. The molecule has 3 nitrogen and oxygen atoms in total. The summed E-state index contributed by atoms with van der Waals surface area (Å²) in [5, 5.41) is 0. The predicted octanol–water partition coefficient (Wildman–Crippen LogP) is 0.630. The summed E-state index contributed by atoms with van der Waals surface area (Å²) in [6, 6.07) is 0. The Morgan fingerprint density at radius 3 is 1.91 bits per heavy atom. The second kappa shape index (κ2) is 3.60. The third-order valence-electron chi connectivity index (χ3n) is 2.17. The van der Waals surface area contributed by atoms with Crippen LogP contribution >= 0.6 is 0 Å². The van der Waals surface area contributed by atoms with Crippen molar-refractivity contribution in [2.75, 3.05) is 33.2 Å². The lowest BCUT2D eigenvalue weighted by atomic mass is 10.6. The first kappa shape index (κ1) is 8.37. The third-order valence-corrected chi connectivity index (χ3v) is 2.17. The van der Waals surface area contributed by atoms with Crippen molar-refractivity contribution in [3.63, 3.8) is 0 Å². The van der Waals surface area contributed by atoms with Crippen LogP contribution in [0.4, 0.5) is 0 Å². The molecule has 0 bridgehead atoms. The molecule has 0 N–H and O–H groups in total. The Hall–Kier alpha value is -0.730. The van der Waals surface area contributed by atoms with E-state index in [2.05, 4.69) is 28.6 Å². The normalized spacial score (nSPS) is 17.9. The zero-order valence-electron chi connectivity index (χ0n) is 7.67. The number of rotatable bonds is 2. The molecule has 1 aliphatic heterocycles. The SMILES string of the molecule is CCN1CCN(CC)C1=NC. The Bertz CT molecular complexity index is 139. The van der Waals surface area contributed by atoms with Crippen molar-refractivity contribution in [3.05, 3.63) is 0 Å². The quantitative estimate of drug-likeness (QED) is 0.582. The van der Waals surface area contributed by atoms with Crippen LogP contribution in [0, 0.1) is 0 Å². The second-order valence-electron chi connectivity index (χ2n) is 2.68. The molecule has 0 aliphatic carbocycles. The average Bonchev–Trinajstić information content (AvgIpc) is 2.45. The highest BCUT2D eigenvalue weighted by molar-refractivity contribution is 5.81. The van der Waals surface area contributed by atoms with E-state index in [1.807, 2.05) is 7.05 Å². The molecule has 1 rings (SSSR count). The van der Waals surface area contributed by atoms with Crippen LogP contribution in [0.5, 0.6) is 0 Å². The van der Waals surface area contributed by atoms with E-state index < -0.39 is 0 Å². The second-order valence-corrected chi connectivity index (χ2v) is 2.68. The maximum atomic E-state index is 4.26. The Morgan fingerprint density at radius 1 is 1.18 bits per heavy atom. The zero-order valence-corrected chi connectivity index (χ0v) is 7.67. The topological polar surface area (TPSA) is 18.8 Å². The number of hydrogen-bond acceptors (Lipinski definition) is 1. The van der Waals surface area contributed by atoms with E-state index in [1.165, 1.54) is 0 Å². The zero-order chi connectivity index (χ0) is 8.27. The average molecular weight is 155 g/mol. The maximum Gasteiger partial charge on any atom is 0.196 e. The molecule has 0 saturated carbocycles. The number of likely N-dealkylation sites (N-methyl/N-ethyl adjacent to an activating group) is 2. The van der Waals surface area contributed by atoms with E-state index in [1.54, 1.807) is 0 Å². The van der Waals surface area contributed by atoms with Gasteiger partial charge in [0.1, 0.15) is 0 Å². The number of nitrogens with zero attached hydrogens (tertiary/aromatic N) is 3. The van der Waals surface area contributed by atoms with Crippen LogP contribution in [0.15, 0.2) is 4.99 Å². The van der Waals surface area contributed by atoms with Crippen LogP contribution < -0.4 is 0 Å². The summed E-state index contributed by atoms with van der Waals surface area (Å²) >= 11 is 0. The Labute approximate surface area is 68.7 Å². The van der Waals surface area contributed by atoms with Crippen LogP contribution in [0.1, 0.15) is 13.8 Å². The minimum Gasteiger partial charge on any atom is -0.341 e. The highest BCUT2D eigenvalue weighted by Gasteiger charge is 2.22. The molecule has 1 aliphatic rings. The number of aliphatic imine (C=N–C) groups is 1. The molecule has 0 aromatic carbocycles. The largest absolute Gasteiger partial charge is 0.341 e. The fourth-order valence-corrected chi connectivity index (χ4v) is 1.52. The van der Waals surface area contributed by atoms with Gasteiger partial charge in [-0.25, -0.2) is 0 Å². The van der Waals surface area contributed by atoms with Crippen molar-refractivity contribution >= 4 is 5.96 Å². The molecular formula is C8H17N3. The molecule has 64 valence electrons. The smallest absolute Gasteiger partial charge is 0.196 e. The Balaban J connectivity index is 2.63. The van der Waals surface area contributed by atoms with Gasteiger partial charge >= 0.3 is 0 Å². The van der Waals surface area contributed by atoms with Gasteiger partial charge in [-0.3, -0.25) is 4.99 Å². The Morgan fingerprint density at radius 2 is 1.64 bits per heavy atom. The van der Waals surface area contributed by atoms with Crippen molar-refractivity contribution < 1.29 is 0 Å². The van der Waals surface area contributed by atoms with Crippen molar-refractivity contribution in [1.29, 1.82) is 0 Å². The van der Waals surface area contributed by atoms with Crippen LogP contribution in [0.25, 0.3) is 0 Å². The molecule has 0 spiro atoms. The van der Waals surface area contributed by atoms with Gasteiger partial charge in [-0.15, -0.1) is 0 Å². The molecular weight excluding hydrogens is 138 g/mol. The standard InChI is InChI=1S/C8H17N3/c1-4-10-6-7-11(5-2)8(10)9-3/h4-7H2,1-3H3. The van der Waals surface area contributed by atoms with Crippen molar-refractivity contribution in [3.8, 4) is 0 Å². The molecule has 0 aromatic heterocycles. The van der Waals surface area contributed by atoms with E-state index in [-0.39, 0.29) is 0 Å². The van der Waals surface area contributed by atoms with E-state index in [0.717, 1.165) is 32.1 Å². The van der Waals surface area contributed by atoms with Crippen molar-refractivity contribution in [2.45, 2.75) is 13.8 Å². The van der Waals surface area contributed by atoms with Gasteiger partial charge in [0.15, 0.2) is 5.96 Å². The van der Waals surface area contributed by atoms with E-state index >= 15 is 0 Å². The summed E-state index contributed by atoms with van der Waals surface area (Å²) in [7, 11) is 1.87.